The predicted octanol–water partition coefficient (Wildman–Crippen LogP) is 0.709. The highest BCUT2D eigenvalue weighted by molar-refractivity contribution is 5.87. The van der Waals surface area contributed by atoms with Crippen molar-refractivity contribution in [2.75, 3.05) is 146 Å². The van der Waals surface area contributed by atoms with E-state index < -0.39 is 18.0 Å². The van der Waals surface area contributed by atoms with Crippen LogP contribution in [0.3, 0.4) is 0 Å². The van der Waals surface area contributed by atoms with Crippen LogP contribution in [0.15, 0.2) is 24.3 Å². The smallest absolute Gasteiger partial charge is 0.335 e. The van der Waals surface area contributed by atoms with Crippen molar-refractivity contribution in [1.29, 1.82) is 0 Å². The number of benzene rings is 1. The van der Waals surface area contributed by atoms with Crippen molar-refractivity contribution in [1.82, 2.24) is 26.6 Å². The van der Waals surface area contributed by atoms with E-state index in [2.05, 4.69) is 26.6 Å². The zero-order chi connectivity index (χ0) is 53.1. The predicted molar refractivity (Wildman–Crippen MR) is 261 cm³/mol. The molecule has 1 aromatic carbocycles. The summed E-state index contributed by atoms with van der Waals surface area (Å²) >= 11 is 0. The van der Waals surface area contributed by atoms with Crippen LogP contribution in [0.1, 0.15) is 81.5 Å². The molecule has 0 saturated heterocycles. The van der Waals surface area contributed by atoms with Gasteiger partial charge in [-0.1, -0.05) is 32.1 Å². The average molecular weight is 1030 g/mol. The van der Waals surface area contributed by atoms with Gasteiger partial charge in [0.1, 0.15) is 44.5 Å². The van der Waals surface area contributed by atoms with Crippen molar-refractivity contribution < 1.29 is 91.2 Å². The number of Topliss-reactive ketones (excluding diaryl/α,β-unsaturated/α-hetero) is 1. The van der Waals surface area contributed by atoms with Gasteiger partial charge in [0.2, 0.25) is 23.6 Å². The zero-order valence-electron chi connectivity index (χ0n) is 42.2. The highest BCUT2D eigenvalue weighted by Crippen LogP contribution is 2.14. The normalized spacial score (nSPS) is 11.1. The zero-order valence-corrected chi connectivity index (χ0v) is 42.2. The SMILES string of the molecule is CN[C@@H](CCC(=O)NCCOCCOCC(=O)NCCOCCOCC(=O)NCCOCCOCC(=O)NCCOCCOCC(C)=O)C(=O)O.O=CCCCCCCCCCOc1ccc(C(=O)O)cc1. The van der Waals surface area contributed by atoms with Crippen LogP contribution in [0.25, 0.3) is 0 Å². The van der Waals surface area contributed by atoms with Crippen LogP contribution in [-0.2, 0) is 71.5 Å². The van der Waals surface area contributed by atoms with E-state index in [1.54, 1.807) is 24.3 Å². The molecule has 0 saturated carbocycles. The number of carboxylic acid groups (broad SMARTS) is 2. The van der Waals surface area contributed by atoms with Crippen molar-refractivity contribution in [2.45, 2.75) is 77.2 Å². The summed E-state index contributed by atoms with van der Waals surface area (Å²) in [6.07, 6.45) is 9.86. The van der Waals surface area contributed by atoms with Gasteiger partial charge in [0.05, 0.1) is 91.5 Å². The maximum Gasteiger partial charge on any atom is 0.335 e. The molecule has 0 bridgehead atoms. The van der Waals surface area contributed by atoms with Gasteiger partial charge in [0.25, 0.3) is 0 Å². The Morgan fingerprint density at radius 1 is 0.500 bits per heavy atom. The van der Waals surface area contributed by atoms with Gasteiger partial charge in [0, 0.05) is 39.0 Å². The van der Waals surface area contributed by atoms with E-state index in [-0.39, 0.29) is 153 Å². The number of ketones is 1. The molecular weight excluding hydrogens is 951 g/mol. The molecule has 7 N–H and O–H groups in total. The van der Waals surface area contributed by atoms with Gasteiger partial charge in [-0.3, -0.25) is 28.8 Å². The quantitative estimate of drug-likeness (QED) is 0.0349. The van der Waals surface area contributed by atoms with Crippen molar-refractivity contribution >= 4 is 47.6 Å². The number of carbonyl (C=O) groups is 8. The molecule has 0 aliphatic carbocycles. The van der Waals surface area contributed by atoms with Gasteiger partial charge in [0.15, 0.2) is 5.78 Å². The third-order valence-electron chi connectivity index (χ3n) is 9.41. The summed E-state index contributed by atoms with van der Waals surface area (Å²) in [6.45, 7) is 5.98. The molecule has 0 spiro atoms. The van der Waals surface area contributed by atoms with Crippen molar-refractivity contribution in [3.8, 4) is 5.75 Å². The highest BCUT2D eigenvalue weighted by atomic mass is 16.5. The minimum atomic E-state index is -1.01. The number of nitrogens with one attached hydrogen (secondary N) is 5. The Hall–Kier alpha value is -5.18. The number of unbranched alkanes of at least 4 members (excludes halogenated alkanes) is 7. The summed E-state index contributed by atoms with van der Waals surface area (Å²) in [6, 6.07) is 5.72. The Labute approximate surface area is 422 Å². The van der Waals surface area contributed by atoms with Crippen molar-refractivity contribution in [2.24, 2.45) is 0 Å². The van der Waals surface area contributed by atoms with Crippen LogP contribution in [-0.4, -0.2) is 209 Å². The Balaban J connectivity index is 0.00000198. The standard InChI is InChI=1S/C31H57N5O15.C17H24O4/c1-25(37)21-48-17-13-45-10-6-34-28(39)23-50-19-15-47-12-8-36-30(41)24-51-20-16-46-11-7-35-29(40)22-49-18-14-44-9-5-33-27(38)4-3-26(32-2)31(42)43;18-13-7-5-3-1-2-4-6-8-14-21-16-11-9-15(10-12-16)17(19)20/h26,32H,3-24H2,1-2H3,(H,33,38)(H,34,39)(H,35,40)(H,36,41)(H,42,43);9-13H,1-8,14H2,(H,19,20)/t26-;/m0./s1. The van der Waals surface area contributed by atoms with Crippen LogP contribution in [0.4, 0.5) is 0 Å². The molecule has 0 unspecified atom stereocenters. The second-order valence-electron chi connectivity index (χ2n) is 15.6. The van der Waals surface area contributed by atoms with Gasteiger partial charge in [-0.25, -0.2) is 4.79 Å². The number of aromatic carboxylic acids is 1. The molecule has 24 heteroatoms. The molecule has 412 valence electrons. The third-order valence-corrected chi connectivity index (χ3v) is 9.41. The Kier molecular flexibility index (Phi) is 45.8. The van der Waals surface area contributed by atoms with Crippen molar-refractivity contribution in [3.63, 3.8) is 0 Å². The number of rotatable bonds is 49. The first-order valence-electron chi connectivity index (χ1n) is 24.4. The van der Waals surface area contributed by atoms with Crippen LogP contribution < -0.4 is 31.3 Å². The molecule has 1 atom stereocenters. The monoisotopic (exact) mass is 1030 g/mol. The summed E-state index contributed by atoms with van der Waals surface area (Å²) in [7, 11) is 1.52. The van der Waals surface area contributed by atoms with E-state index in [1.807, 2.05) is 0 Å². The summed E-state index contributed by atoms with van der Waals surface area (Å²) < 4.78 is 47.6. The second kappa shape index (κ2) is 49.4. The van der Waals surface area contributed by atoms with Crippen molar-refractivity contribution in [3.05, 3.63) is 29.8 Å². The number of carbonyl (C=O) groups excluding carboxylic acids is 6. The van der Waals surface area contributed by atoms with Crippen LogP contribution in [0.5, 0.6) is 5.75 Å². The summed E-state index contributed by atoms with van der Waals surface area (Å²) in [5, 5.41) is 30.9. The number of hydrogen-bond acceptors (Lipinski definition) is 18. The molecule has 1 aromatic rings. The lowest BCUT2D eigenvalue weighted by Gasteiger charge is -2.11. The Morgan fingerprint density at radius 3 is 1.28 bits per heavy atom. The molecule has 24 nitrogen and oxygen atoms in total. The van der Waals surface area contributed by atoms with E-state index in [1.165, 1.54) is 33.2 Å². The van der Waals surface area contributed by atoms with Crippen LogP contribution >= 0.6 is 0 Å². The summed E-state index contributed by atoms with van der Waals surface area (Å²) in [5.41, 5.74) is 0.275. The minimum absolute atomic E-state index is 0.0528. The lowest BCUT2D eigenvalue weighted by Crippen LogP contribution is -2.36. The van der Waals surface area contributed by atoms with Gasteiger partial charge in [-0.05, 0) is 57.5 Å². The summed E-state index contributed by atoms with van der Waals surface area (Å²) in [4.78, 5) is 89.4. The summed E-state index contributed by atoms with van der Waals surface area (Å²) in [5.74, 6) is -2.44. The molecule has 0 aliphatic rings. The molecule has 0 aromatic heterocycles. The van der Waals surface area contributed by atoms with E-state index in [0.29, 0.717) is 45.1 Å². The lowest BCUT2D eigenvalue weighted by molar-refractivity contribution is -0.139. The van der Waals surface area contributed by atoms with Gasteiger partial charge < -0.3 is 84.2 Å². The Bertz CT molecular complexity index is 1590. The fourth-order valence-corrected chi connectivity index (χ4v) is 5.65. The molecule has 0 radical (unpaired) electrons. The molecule has 4 amide bonds. The topological polar surface area (TPSA) is 320 Å². The number of hydrogen-bond donors (Lipinski definition) is 7. The van der Waals surface area contributed by atoms with E-state index >= 15 is 0 Å². The number of carboxylic acids is 2. The first-order valence-corrected chi connectivity index (χ1v) is 24.4. The number of ether oxygens (including phenoxy) is 9. The molecule has 0 fully saturated rings. The van der Waals surface area contributed by atoms with E-state index in [0.717, 1.165) is 32.0 Å². The second-order valence-corrected chi connectivity index (χ2v) is 15.6. The molecule has 0 aliphatic heterocycles. The van der Waals surface area contributed by atoms with Gasteiger partial charge in [-0.2, -0.15) is 0 Å². The average Bonchev–Trinajstić information content (AvgIpc) is 3.35. The molecule has 1 rings (SSSR count). The van der Waals surface area contributed by atoms with E-state index in [4.69, 9.17) is 52.8 Å². The molecular formula is C48H81N5O19. The number of aldehydes is 1. The van der Waals surface area contributed by atoms with E-state index in [9.17, 15) is 38.4 Å². The maximum absolute atomic E-state index is 11.8. The number of amides is 4. The molecule has 72 heavy (non-hydrogen) atoms. The third kappa shape index (κ3) is 45.9. The van der Waals surface area contributed by atoms with Crippen LogP contribution in [0, 0.1) is 0 Å². The first-order chi connectivity index (χ1) is 34.9. The molecule has 0 heterocycles. The van der Waals surface area contributed by atoms with Gasteiger partial charge in [-0.15, -0.1) is 0 Å². The Morgan fingerprint density at radius 2 is 0.889 bits per heavy atom. The number of aliphatic carboxylic acids is 1. The number of likely N-dealkylation sites (N-methyl/N-ethyl adjacent to an activating group) is 1. The highest BCUT2D eigenvalue weighted by Gasteiger charge is 2.16. The largest absolute Gasteiger partial charge is 0.494 e. The van der Waals surface area contributed by atoms with Crippen LogP contribution in [0.2, 0.25) is 0 Å². The maximum atomic E-state index is 11.8. The fraction of sp³-hybridized carbons (Fsp3) is 0.708. The minimum Gasteiger partial charge on any atom is -0.494 e. The van der Waals surface area contributed by atoms with Gasteiger partial charge >= 0.3 is 11.9 Å². The fourth-order valence-electron chi connectivity index (χ4n) is 5.65. The lowest BCUT2D eigenvalue weighted by atomic mass is 10.1. The first kappa shape index (κ1) is 66.8.